The SMILES string of the molecule is CCOC(OCC)[C@H](C)N(Cc1cccc2ccccc12)C(=O)[C@H](C)NC(=O)CONC(=O)NCc1cccc2ccccc12. The van der Waals surface area contributed by atoms with Crippen molar-refractivity contribution < 1.29 is 28.7 Å². The fourth-order valence-corrected chi connectivity index (χ4v) is 5.26. The van der Waals surface area contributed by atoms with Crippen LogP contribution in [0.3, 0.4) is 0 Å². The number of fused-ring (bicyclic) bond motifs is 2. The van der Waals surface area contributed by atoms with E-state index in [2.05, 4.69) is 16.1 Å². The molecule has 0 heterocycles. The number of carbonyl (C=O) groups excluding carboxylic acids is 3. The molecule has 4 aromatic carbocycles. The summed E-state index contributed by atoms with van der Waals surface area (Å²) in [5.41, 5.74) is 4.14. The van der Waals surface area contributed by atoms with Crippen LogP contribution in [0.2, 0.25) is 0 Å². The topological polar surface area (TPSA) is 118 Å². The molecule has 0 saturated carbocycles. The predicted octanol–water partition coefficient (Wildman–Crippen LogP) is 5.04. The number of carbonyl (C=O) groups is 3. The van der Waals surface area contributed by atoms with Gasteiger partial charge in [0.05, 0.1) is 6.04 Å². The second kappa shape index (κ2) is 16.5. The molecule has 0 saturated heterocycles. The van der Waals surface area contributed by atoms with Crippen molar-refractivity contribution in [3.8, 4) is 0 Å². The second-order valence-corrected chi connectivity index (χ2v) is 10.6. The molecule has 2 atom stereocenters. The number of amides is 4. The van der Waals surface area contributed by atoms with Crippen molar-refractivity contribution in [1.29, 1.82) is 0 Å². The fraction of sp³-hybridized carbons (Fsp3) is 0.343. The van der Waals surface area contributed by atoms with Crippen LogP contribution in [-0.2, 0) is 37.0 Å². The Morgan fingerprint density at radius 3 is 1.93 bits per heavy atom. The van der Waals surface area contributed by atoms with Gasteiger partial charge in [-0.2, -0.15) is 0 Å². The van der Waals surface area contributed by atoms with Gasteiger partial charge in [0.2, 0.25) is 11.8 Å². The number of rotatable bonds is 15. The number of hydrogen-bond donors (Lipinski definition) is 3. The molecule has 0 aliphatic carbocycles. The molecule has 0 aliphatic heterocycles. The maximum Gasteiger partial charge on any atom is 0.338 e. The summed E-state index contributed by atoms with van der Waals surface area (Å²) in [5.74, 6) is -0.872. The summed E-state index contributed by atoms with van der Waals surface area (Å²) in [7, 11) is 0. The second-order valence-electron chi connectivity index (χ2n) is 10.6. The summed E-state index contributed by atoms with van der Waals surface area (Å²) in [6, 6.07) is 25.8. The highest BCUT2D eigenvalue weighted by Crippen LogP contribution is 2.23. The van der Waals surface area contributed by atoms with Gasteiger partial charge in [-0.15, -0.1) is 0 Å². The molecule has 4 aromatic rings. The van der Waals surface area contributed by atoms with Gasteiger partial charge in [-0.05, 0) is 60.4 Å². The number of nitrogens with one attached hydrogen (secondary N) is 3. The Morgan fingerprint density at radius 2 is 1.31 bits per heavy atom. The standard InChI is InChI=1S/C35H42N4O6/c1-5-43-34(44-6-2)25(4)39(22-29-18-12-16-27-14-8-10-20-31(27)29)33(41)24(3)37-32(40)23-45-38-35(42)36-21-28-17-11-15-26-13-7-9-19-30(26)28/h7-20,24-25,34H,5-6,21-23H2,1-4H3,(H,37,40)(H2,36,38,42)/t24-,25-/m0/s1. The molecule has 4 rings (SSSR count). The third-order valence-corrected chi connectivity index (χ3v) is 7.49. The quantitative estimate of drug-likeness (QED) is 0.128. The van der Waals surface area contributed by atoms with Crippen molar-refractivity contribution in [2.24, 2.45) is 0 Å². The zero-order valence-corrected chi connectivity index (χ0v) is 26.2. The molecule has 10 heteroatoms. The Labute approximate surface area is 264 Å². The number of hydrogen-bond acceptors (Lipinski definition) is 6. The van der Waals surface area contributed by atoms with Crippen LogP contribution in [0.15, 0.2) is 84.9 Å². The Bertz CT molecular complexity index is 1580. The number of ether oxygens (including phenoxy) is 2. The van der Waals surface area contributed by atoms with Crippen molar-refractivity contribution in [3.05, 3.63) is 96.1 Å². The lowest BCUT2D eigenvalue weighted by Gasteiger charge is -2.36. The first kappa shape index (κ1) is 33.4. The molecular weight excluding hydrogens is 572 g/mol. The molecule has 0 bridgehead atoms. The van der Waals surface area contributed by atoms with E-state index in [4.69, 9.17) is 14.3 Å². The number of hydroxylamine groups is 1. The molecule has 4 amide bonds. The summed E-state index contributed by atoms with van der Waals surface area (Å²) < 4.78 is 11.7. The van der Waals surface area contributed by atoms with E-state index in [0.29, 0.717) is 13.2 Å². The fourth-order valence-electron chi connectivity index (χ4n) is 5.26. The highest BCUT2D eigenvalue weighted by molar-refractivity contribution is 5.89. The summed E-state index contributed by atoms with van der Waals surface area (Å²) in [6.07, 6.45) is -0.651. The van der Waals surface area contributed by atoms with Gasteiger partial charge in [-0.3, -0.25) is 14.4 Å². The van der Waals surface area contributed by atoms with Gasteiger partial charge < -0.3 is 25.0 Å². The van der Waals surface area contributed by atoms with Gasteiger partial charge in [-0.25, -0.2) is 10.3 Å². The molecule has 0 spiro atoms. The number of benzene rings is 4. The van der Waals surface area contributed by atoms with Gasteiger partial charge in [0, 0.05) is 26.3 Å². The molecule has 0 aromatic heterocycles. The van der Waals surface area contributed by atoms with Crippen molar-refractivity contribution in [3.63, 3.8) is 0 Å². The van der Waals surface area contributed by atoms with Gasteiger partial charge in [-0.1, -0.05) is 84.9 Å². The zero-order valence-electron chi connectivity index (χ0n) is 26.2. The molecule has 0 unspecified atom stereocenters. The van der Waals surface area contributed by atoms with Gasteiger partial charge >= 0.3 is 6.03 Å². The third kappa shape index (κ3) is 9.01. The largest absolute Gasteiger partial charge is 0.351 e. The van der Waals surface area contributed by atoms with Crippen molar-refractivity contribution >= 4 is 39.4 Å². The van der Waals surface area contributed by atoms with Crippen LogP contribution in [0.25, 0.3) is 21.5 Å². The Kier molecular flexibility index (Phi) is 12.3. The van der Waals surface area contributed by atoms with Crippen LogP contribution in [0.4, 0.5) is 4.79 Å². The predicted molar refractivity (Wildman–Crippen MR) is 174 cm³/mol. The maximum absolute atomic E-state index is 13.8. The lowest BCUT2D eigenvalue weighted by Crippen LogP contribution is -2.54. The molecule has 3 N–H and O–H groups in total. The third-order valence-electron chi connectivity index (χ3n) is 7.49. The summed E-state index contributed by atoms with van der Waals surface area (Å²) in [6.45, 7) is 8.15. The minimum atomic E-state index is -0.886. The van der Waals surface area contributed by atoms with Crippen molar-refractivity contribution in [1.82, 2.24) is 21.0 Å². The monoisotopic (exact) mass is 614 g/mol. The molecule has 0 radical (unpaired) electrons. The van der Waals surface area contributed by atoms with Crippen LogP contribution in [0.5, 0.6) is 0 Å². The van der Waals surface area contributed by atoms with Gasteiger partial charge in [0.1, 0.15) is 6.04 Å². The Balaban J connectivity index is 1.35. The number of nitrogens with zero attached hydrogens (tertiary/aromatic N) is 1. The van der Waals surface area contributed by atoms with Crippen LogP contribution in [0, 0.1) is 0 Å². The van der Waals surface area contributed by atoms with E-state index >= 15 is 0 Å². The minimum absolute atomic E-state index is 0.281. The van der Waals surface area contributed by atoms with Crippen LogP contribution in [0.1, 0.15) is 38.8 Å². The lowest BCUT2D eigenvalue weighted by atomic mass is 10.0. The first-order valence-corrected chi connectivity index (χ1v) is 15.2. The van der Waals surface area contributed by atoms with E-state index in [1.54, 1.807) is 11.8 Å². The van der Waals surface area contributed by atoms with E-state index < -0.39 is 36.9 Å². The van der Waals surface area contributed by atoms with Gasteiger partial charge in [0.15, 0.2) is 12.9 Å². The summed E-state index contributed by atoms with van der Waals surface area (Å²) in [4.78, 5) is 45.7. The highest BCUT2D eigenvalue weighted by Gasteiger charge is 2.32. The average Bonchev–Trinajstić information content (AvgIpc) is 3.05. The lowest BCUT2D eigenvalue weighted by molar-refractivity contribution is -0.179. The van der Waals surface area contributed by atoms with Crippen LogP contribution < -0.4 is 16.1 Å². The maximum atomic E-state index is 13.8. The van der Waals surface area contributed by atoms with E-state index in [1.165, 1.54) is 0 Å². The molecule has 45 heavy (non-hydrogen) atoms. The first-order valence-electron chi connectivity index (χ1n) is 15.2. The molecule has 10 nitrogen and oxygen atoms in total. The molecule has 238 valence electrons. The van der Waals surface area contributed by atoms with Gasteiger partial charge in [0.25, 0.3) is 0 Å². The van der Waals surface area contributed by atoms with E-state index in [9.17, 15) is 14.4 Å². The highest BCUT2D eigenvalue weighted by atomic mass is 16.7. The summed E-state index contributed by atoms with van der Waals surface area (Å²) in [5, 5.41) is 9.62. The van der Waals surface area contributed by atoms with Crippen LogP contribution in [-0.4, -0.2) is 60.9 Å². The summed E-state index contributed by atoms with van der Waals surface area (Å²) >= 11 is 0. The smallest absolute Gasteiger partial charge is 0.338 e. The van der Waals surface area contributed by atoms with Crippen molar-refractivity contribution in [2.75, 3.05) is 19.8 Å². The Morgan fingerprint density at radius 1 is 0.756 bits per heavy atom. The van der Waals surface area contributed by atoms with Crippen molar-refractivity contribution in [2.45, 2.75) is 59.2 Å². The van der Waals surface area contributed by atoms with E-state index in [0.717, 1.165) is 32.7 Å². The van der Waals surface area contributed by atoms with E-state index in [-0.39, 0.29) is 19.0 Å². The Hall–Kier alpha value is -4.51. The number of urea groups is 1. The minimum Gasteiger partial charge on any atom is -0.351 e. The molecule has 0 aliphatic rings. The van der Waals surface area contributed by atoms with E-state index in [1.807, 2.05) is 106 Å². The molecule has 0 fully saturated rings. The first-order chi connectivity index (χ1) is 21.8. The normalized spacial score (nSPS) is 12.6. The zero-order chi connectivity index (χ0) is 32.2. The average molecular weight is 615 g/mol. The molecular formula is C35H42N4O6. The van der Waals surface area contributed by atoms with Crippen LogP contribution >= 0.6 is 0 Å².